The Bertz CT molecular complexity index is 309. The third-order valence-electron chi connectivity index (χ3n) is 4.08. The van der Waals surface area contributed by atoms with Gasteiger partial charge in [0.1, 0.15) is 0 Å². The van der Waals surface area contributed by atoms with Crippen LogP contribution in [0.2, 0.25) is 0 Å². The Morgan fingerprint density at radius 3 is 2.56 bits per heavy atom. The van der Waals surface area contributed by atoms with Crippen molar-refractivity contribution >= 4 is 0 Å². The van der Waals surface area contributed by atoms with Gasteiger partial charge in [-0.3, -0.25) is 0 Å². The number of nitrogens with one attached hydrogen (secondary N) is 1. The summed E-state index contributed by atoms with van der Waals surface area (Å²) in [6, 6.07) is 10.8. The quantitative estimate of drug-likeness (QED) is 0.815. The summed E-state index contributed by atoms with van der Waals surface area (Å²) in [5.41, 5.74) is 1.87. The van der Waals surface area contributed by atoms with Gasteiger partial charge in [0.15, 0.2) is 0 Å². The monoisotopic (exact) mass is 217 g/mol. The molecular weight excluding hydrogens is 194 g/mol. The van der Waals surface area contributed by atoms with Gasteiger partial charge in [-0.15, -0.1) is 0 Å². The molecule has 1 fully saturated rings. The zero-order chi connectivity index (χ0) is 11.4. The SMILES string of the molecule is CC(C)C1(CCc2ccccc2)CCCN1. The molecule has 0 spiro atoms. The van der Waals surface area contributed by atoms with Crippen molar-refractivity contribution in [3.05, 3.63) is 35.9 Å². The average Bonchev–Trinajstić information content (AvgIpc) is 2.78. The maximum Gasteiger partial charge on any atom is 0.0208 e. The van der Waals surface area contributed by atoms with E-state index in [-0.39, 0.29) is 0 Å². The number of hydrogen-bond acceptors (Lipinski definition) is 1. The van der Waals surface area contributed by atoms with Crippen molar-refractivity contribution in [2.45, 2.75) is 45.1 Å². The molecule has 0 aromatic heterocycles. The van der Waals surface area contributed by atoms with Gasteiger partial charge in [0.2, 0.25) is 0 Å². The fraction of sp³-hybridized carbons (Fsp3) is 0.600. The minimum absolute atomic E-state index is 0.399. The summed E-state index contributed by atoms with van der Waals surface area (Å²) >= 11 is 0. The second-order valence-electron chi connectivity index (χ2n) is 5.33. The molecule has 1 nitrogen and oxygen atoms in total. The van der Waals surface area contributed by atoms with E-state index in [1.54, 1.807) is 0 Å². The minimum Gasteiger partial charge on any atom is -0.311 e. The van der Waals surface area contributed by atoms with E-state index in [1.165, 1.54) is 37.8 Å². The third kappa shape index (κ3) is 2.46. The summed E-state index contributed by atoms with van der Waals surface area (Å²) in [6.45, 7) is 5.90. The highest BCUT2D eigenvalue weighted by atomic mass is 15.0. The average molecular weight is 217 g/mol. The summed E-state index contributed by atoms with van der Waals surface area (Å²) in [6.07, 6.45) is 5.16. The smallest absolute Gasteiger partial charge is 0.0208 e. The van der Waals surface area contributed by atoms with Gasteiger partial charge in [0.05, 0.1) is 0 Å². The van der Waals surface area contributed by atoms with Crippen molar-refractivity contribution in [3.8, 4) is 0 Å². The fourth-order valence-electron chi connectivity index (χ4n) is 2.84. The Morgan fingerprint density at radius 2 is 2.00 bits per heavy atom. The Balaban J connectivity index is 1.97. The normalized spacial score (nSPS) is 25.2. The van der Waals surface area contributed by atoms with Gasteiger partial charge >= 0.3 is 0 Å². The maximum atomic E-state index is 3.74. The Hall–Kier alpha value is -0.820. The van der Waals surface area contributed by atoms with Crippen LogP contribution in [-0.2, 0) is 6.42 Å². The van der Waals surface area contributed by atoms with E-state index in [1.807, 2.05) is 0 Å². The van der Waals surface area contributed by atoms with Crippen LogP contribution in [0.1, 0.15) is 38.7 Å². The zero-order valence-electron chi connectivity index (χ0n) is 10.5. The molecule has 1 saturated heterocycles. The summed E-state index contributed by atoms with van der Waals surface area (Å²) in [4.78, 5) is 0. The maximum absolute atomic E-state index is 3.74. The molecule has 88 valence electrons. The van der Waals surface area contributed by atoms with Gasteiger partial charge in [-0.1, -0.05) is 44.2 Å². The second-order valence-corrected chi connectivity index (χ2v) is 5.33. The van der Waals surface area contributed by atoms with Gasteiger partial charge in [0.25, 0.3) is 0 Å². The molecule has 2 rings (SSSR count). The van der Waals surface area contributed by atoms with E-state index in [4.69, 9.17) is 0 Å². The van der Waals surface area contributed by atoms with Crippen LogP contribution in [0.5, 0.6) is 0 Å². The van der Waals surface area contributed by atoms with Crippen molar-refractivity contribution in [1.29, 1.82) is 0 Å². The van der Waals surface area contributed by atoms with Crippen LogP contribution in [0.4, 0.5) is 0 Å². The molecule has 1 heteroatoms. The lowest BCUT2D eigenvalue weighted by Gasteiger charge is -2.34. The van der Waals surface area contributed by atoms with Crippen LogP contribution in [0, 0.1) is 5.92 Å². The molecule has 1 heterocycles. The number of rotatable bonds is 4. The van der Waals surface area contributed by atoms with Crippen LogP contribution in [0.15, 0.2) is 30.3 Å². The molecule has 0 radical (unpaired) electrons. The number of benzene rings is 1. The molecule has 1 aromatic rings. The highest BCUT2D eigenvalue weighted by molar-refractivity contribution is 5.15. The van der Waals surface area contributed by atoms with E-state index < -0.39 is 0 Å². The molecule has 0 amide bonds. The molecule has 1 aliphatic rings. The molecule has 0 saturated carbocycles. The van der Waals surface area contributed by atoms with E-state index in [0.717, 1.165) is 5.92 Å². The van der Waals surface area contributed by atoms with E-state index >= 15 is 0 Å². The lowest BCUT2D eigenvalue weighted by atomic mass is 9.80. The lowest BCUT2D eigenvalue weighted by Crippen LogP contribution is -2.45. The molecule has 1 N–H and O–H groups in total. The molecule has 0 aliphatic carbocycles. The van der Waals surface area contributed by atoms with Gasteiger partial charge in [0, 0.05) is 5.54 Å². The highest BCUT2D eigenvalue weighted by Crippen LogP contribution is 2.32. The predicted octanol–water partition coefficient (Wildman–Crippen LogP) is 3.40. The summed E-state index contributed by atoms with van der Waals surface area (Å²) in [5.74, 6) is 0.735. The molecule has 0 bridgehead atoms. The topological polar surface area (TPSA) is 12.0 Å². The Kier molecular flexibility index (Phi) is 3.65. The van der Waals surface area contributed by atoms with E-state index in [2.05, 4.69) is 49.5 Å². The first-order chi connectivity index (χ1) is 7.73. The predicted molar refractivity (Wildman–Crippen MR) is 69.6 cm³/mol. The number of aryl methyl sites for hydroxylation is 1. The van der Waals surface area contributed by atoms with Crippen molar-refractivity contribution < 1.29 is 0 Å². The first-order valence-electron chi connectivity index (χ1n) is 6.52. The summed E-state index contributed by atoms with van der Waals surface area (Å²) in [7, 11) is 0. The molecule has 1 aliphatic heterocycles. The van der Waals surface area contributed by atoms with Crippen molar-refractivity contribution in [2.24, 2.45) is 5.92 Å². The van der Waals surface area contributed by atoms with E-state index in [9.17, 15) is 0 Å². The van der Waals surface area contributed by atoms with Crippen LogP contribution in [0.3, 0.4) is 0 Å². The summed E-state index contributed by atoms with van der Waals surface area (Å²) < 4.78 is 0. The number of hydrogen-bond donors (Lipinski definition) is 1. The standard InChI is InChI=1S/C15H23N/c1-13(2)15(10-6-12-16-15)11-9-14-7-4-3-5-8-14/h3-5,7-8,13,16H,6,9-12H2,1-2H3. The fourth-order valence-corrected chi connectivity index (χ4v) is 2.84. The Morgan fingerprint density at radius 1 is 1.25 bits per heavy atom. The van der Waals surface area contributed by atoms with Crippen molar-refractivity contribution in [3.63, 3.8) is 0 Å². The van der Waals surface area contributed by atoms with Crippen molar-refractivity contribution in [1.82, 2.24) is 5.32 Å². The molecule has 1 unspecified atom stereocenters. The van der Waals surface area contributed by atoms with Crippen molar-refractivity contribution in [2.75, 3.05) is 6.54 Å². The lowest BCUT2D eigenvalue weighted by molar-refractivity contribution is 0.252. The largest absolute Gasteiger partial charge is 0.311 e. The van der Waals surface area contributed by atoms with Crippen LogP contribution in [-0.4, -0.2) is 12.1 Å². The molecule has 1 aromatic carbocycles. The van der Waals surface area contributed by atoms with Crippen LogP contribution in [0.25, 0.3) is 0 Å². The van der Waals surface area contributed by atoms with Gasteiger partial charge in [-0.2, -0.15) is 0 Å². The van der Waals surface area contributed by atoms with Crippen LogP contribution < -0.4 is 5.32 Å². The van der Waals surface area contributed by atoms with Gasteiger partial charge < -0.3 is 5.32 Å². The third-order valence-corrected chi connectivity index (χ3v) is 4.08. The molecule has 1 atom stereocenters. The van der Waals surface area contributed by atoms with E-state index in [0.29, 0.717) is 5.54 Å². The second kappa shape index (κ2) is 5.01. The summed E-state index contributed by atoms with van der Waals surface area (Å²) in [5, 5.41) is 3.74. The first kappa shape index (κ1) is 11.7. The van der Waals surface area contributed by atoms with Gasteiger partial charge in [-0.25, -0.2) is 0 Å². The van der Waals surface area contributed by atoms with Gasteiger partial charge in [-0.05, 0) is 43.7 Å². The van der Waals surface area contributed by atoms with Crippen LogP contribution >= 0.6 is 0 Å². The Labute approximate surface area is 99.3 Å². The minimum atomic E-state index is 0.399. The first-order valence-corrected chi connectivity index (χ1v) is 6.52. The zero-order valence-corrected chi connectivity index (χ0v) is 10.5. The molecular formula is C15H23N. The molecule has 16 heavy (non-hydrogen) atoms. The highest BCUT2D eigenvalue weighted by Gasteiger charge is 2.35.